The van der Waals surface area contributed by atoms with E-state index < -0.39 is 29.2 Å². The zero-order valence-electron chi connectivity index (χ0n) is 13.9. The first-order valence-corrected chi connectivity index (χ1v) is 7.39. The van der Waals surface area contributed by atoms with Gasteiger partial charge in [0.15, 0.2) is 5.60 Å². The van der Waals surface area contributed by atoms with Crippen molar-refractivity contribution in [1.82, 2.24) is 5.32 Å². The lowest BCUT2D eigenvalue weighted by atomic mass is 9.84. The number of carbonyl (C=O) groups is 2. The molecule has 0 aromatic carbocycles. The molecule has 0 saturated carbocycles. The summed E-state index contributed by atoms with van der Waals surface area (Å²) in [5, 5.41) is 15.0. The maximum absolute atomic E-state index is 12.4. The zero-order chi connectivity index (χ0) is 16.7. The molecule has 0 heterocycles. The summed E-state index contributed by atoms with van der Waals surface area (Å²) in [7, 11) is 0. The third kappa shape index (κ3) is 7.32. The molecule has 0 spiro atoms. The second-order valence-corrected chi connectivity index (χ2v) is 6.15. The molecule has 6 nitrogen and oxygen atoms in total. The van der Waals surface area contributed by atoms with E-state index in [1.54, 1.807) is 27.7 Å². The van der Waals surface area contributed by atoms with Gasteiger partial charge in [-0.1, -0.05) is 6.92 Å². The number of hydrogen-bond donors (Lipinski definition) is 1. The number of nitrogens with one attached hydrogen (secondary N) is 1. The number of ether oxygens (including phenoxy) is 2. The molecule has 0 saturated heterocycles. The first-order chi connectivity index (χ1) is 9.54. The van der Waals surface area contributed by atoms with Crippen molar-refractivity contribution in [1.29, 1.82) is 0 Å². The van der Waals surface area contributed by atoms with Gasteiger partial charge in [0.1, 0.15) is 5.60 Å². The third-order valence-electron chi connectivity index (χ3n) is 3.11. The summed E-state index contributed by atoms with van der Waals surface area (Å²) in [6.07, 6.45) is 0.407. The fraction of sp³-hybridized carbons (Fsp3) is 0.867. The lowest BCUT2D eigenvalue weighted by molar-refractivity contribution is -0.178. The standard InChI is InChI=1S/C15H28NO5/c1-7-11(15(6,19)12(17)20-8-2)9-10-16-13(18)21-14(3,4)5/h11H,7-10H2,1-6H3,(H,16,18). The molecule has 0 bridgehead atoms. The molecule has 0 aliphatic carbocycles. The van der Waals surface area contributed by atoms with Crippen LogP contribution in [-0.2, 0) is 19.4 Å². The Balaban J connectivity index is 4.39. The van der Waals surface area contributed by atoms with E-state index in [0.717, 1.165) is 0 Å². The minimum absolute atomic E-state index is 0.184. The fourth-order valence-corrected chi connectivity index (χ4v) is 1.97. The van der Waals surface area contributed by atoms with Crippen LogP contribution in [0, 0.1) is 5.92 Å². The molecule has 0 aliphatic rings. The Morgan fingerprint density at radius 2 is 1.71 bits per heavy atom. The van der Waals surface area contributed by atoms with E-state index in [1.807, 2.05) is 6.92 Å². The van der Waals surface area contributed by atoms with Crippen LogP contribution in [-0.4, -0.2) is 36.4 Å². The average molecular weight is 302 g/mol. The van der Waals surface area contributed by atoms with Gasteiger partial charge in [0.05, 0.1) is 6.61 Å². The van der Waals surface area contributed by atoms with Crippen molar-refractivity contribution in [2.24, 2.45) is 5.92 Å². The van der Waals surface area contributed by atoms with Gasteiger partial charge >= 0.3 is 12.1 Å². The molecule has 1 radical (unpaired) electrons. The highest BCUT2D eigenvalue weighted by Gasteiger charge is 2.41. The molecule has 6 heteroatoms. The number of esters is 1. The van der Waals surface area contributed by atoms with Crippen LogP contribution >= 0.6 is 0 Å². The van der Waals surface area contributed by atoms with E-state index in [-0.39, 0.29) is 13.2 Å². The number of amides is 1. The van der Waals surface area contributed by atoms with Gasteiger partial charge in [-0.15, -0.1) is 0 Å². The molecule has 123 valence electrons. The molecule has 2 atom stereocenters. The van der Waals surface area contributed by atoms with Crippen LogP contribution in [0.1, 0.15) is 54.4 Å². The molecule has 2 unspecified atom stereocenters. The summed E-state index contributed by atoms with van der Waals surface area (Å²) in [5.41, 5.74) is -2.37. The van der Waals surface area contributed by atoms with Gasteiger partial charge in [0.2, 0.25) is 0 Å². The highest BCUT2D eigenvalue weighted by Crippen LogP contribution is 2.26. The van der Waals surface area contributed by atoms with Gasteiger partial charge in [-0.25, -0.2) is 14.7 Å². The quantitative estimate of drug-likeness (QED) is 0.733. The van der Waals surface area contributed by atoms with Crippen molar-refractivity contribution in [2.45, 2.75) is 65.6 Å². The lowest BCUT2D eigenvalue weighted by Gasteiger charge is -2.28. The molecular formula is C15H28NO5. The summed E-state index contributed by atoms with van der Waals surface area (Å²) in [6.45, 7) is 10.6. The summed E-state index contributed by atoms with van der Waals surface area (Å²) >= 11 is 0. The summed E-state index contributed by atoms with van der Waals surface area (Å²) in [5.74, 6) is -1.15. The van der Waals surface area contributed by atoms with Gasteiger partial charge in [-0.05, 0) is 47.5 Å². The van der Waals surface area contributed by atoms with Crippen molar-refractivity contribution in [3.05, 3.63) is 0 Å². The largest absolute Gasteiger partial charge is 0.464 e. The Morgan fingerprint density at radius 1 is 1.14 bits per heavy atom. The maximum atomic E-state index is 12.4. The molecule has 0 aromatic rings. The van der Waals surface area contributed by atoms with Crippen molar-refractivity contribution in [3.8, 4) is 0 Å². The molecule has 0 aliphatic heterocycles. The Labute approximate surface area is 127 Å². The summed E-state index contributed by atoms with van der Waals surface area (Å²) < 4.78 is 9.92. The Morgan fingerprint density at radius 3 is 2.14 bits per heavy atom. The van der Waals surface area contributed by atoms with Gasteiger partial charge < -0.3 is 14.8 Å². The van der Waals surface area contributed by atoms with Crippen LogP contribution in [0.5, 0.6) is 0 Å². The third-order valence-corrected chi connectivity index (χ3v) is 3.11. The zero-order valence-corrected chi connectivity index (χ0v) is 13.9. The van der Waals surface area contributed by atoms with Gasteiger partial charge in [0.25, 0.3) is 0 Å². The fourth-order valence-electron chi connectivity index (χ4n) is 1.97. The monoisotopic (exact) mass is 302 g/mol. The minimum atomic E-state index is -1.81. The normalized spacial score (nSPS) is 15.8. The van der Waals surface area contributed by atoms with Crippen molar-refractivity contribution in [2.75, 3.05) is 13.2 Å². The van der Waals surface area contributed by atoms with Crippen LogP contribution in [0.15, 0.2) is 0 Å². The number of carbonyl (C=O) groups excluding carboxylic acids is 2. The molecule has 0 aromatic heterocycles. The van der Waals surface area contributed by atoms with E-state index in [0.29, 0.717) is 12.8 Å². The minimum Gasteiger partial charge on any atom is -0.464 e. The van der Waals surface area contributed by atoms with Crippen LogP contribution < -0.4 is 5.32 Å². The topological polar surface area (TPSA) is 84.5 Å². The number of rotatable bonds is 7. The first-order valence-electron chi connectivity index (χ1n) is 7.39. The number of hydrogen-bond acceptors (Lipinski definition) is 4. The van der Waals surface area contributed by atoms with Crippen molar-refractivity contribution in [3.63, 3.8) is 0 Å². The predicted molar refractivity (Wildman–Crippen MR) is 78.4 cm³/mol. The van der Waals surface area contributed by atoms with E-state index in [9.17, 15) is 14.7 Å². The smallest absolute Gasteiger partial charge is 0.407 e. The second kappa shape index (κ2) is 8.22. The number of alkyl carbamates (subject to hydrolysis) is 1. The molecule has 0 fully saturated rings. The molecule has 21 heavy (non-hydrogen) atoms. The molecule has 0 rings (SSSR count). The van der Waals surface area contributed by atoms with Gasteiger partial charge in [-0.2, -0.15) is 0 Å². The maximum Gasteiger partial charge on any atom is 0.407 e. The Bertz CT molecular complexity index is 346. The highest BCUT2D eigenvalue weighted by atomic mass is 16.6. The molecule has 1 amide bonds. The van der Waals surface area contributed by atoms with E-state index >= 15 is 0 Å². The van der Waals surface area contributed by atoms with Crippen LogP contribution in [0.25, 0.3) is 0 Å². The van der Waals surface area contributed by atoms with E-state index in [1.165, 1.54) is 6.92 Å². The van der Waals surface area contributed by atoms with Gasteiger partial charge in [0, 0.05) is 12.5 Å². The first kappa shape index (κ1) is 19.7. The second-order valence-electron chi connectivity index (χ2n) is 6.15. The molecule has 1 N–H and O–H groups in total. The predicted octanol–water partition coefficient (Wildman–Crippen LogP) is 2.68. The summed E-state index contributed by atoms with van der Waals surface area (Å²) in [6, 6.07) is 0. The van der Waals surface area contributed by atoms with Crippen LogP contribution in [0.3, 0.4) is 0 Å². The Kier molecular flexibility index (Phi) is 7.71. The average Bonchev–Trinajstić information content (AvgIpc) is 2.32. The molecular weight excluding hydrogens is 274 g/mol. The highest BCUT2D eigenvalue weighted by molar-refractivity contribution is 5.79. The van der Waals surface area contributed by atoms with Crippen LogP contribution in [0.2, 0.25) is 0 Å². The van der Waals surface area contributed by atoms with E-state index in [2.05, 4.69) is 5.32 Å². The van der Waals surface area contributed by atoms with Crippen LogP contribution in [0.4, 0.5) is 4.79 Å². The summed E-state index contributed by atoms with van der Waals surface area (Å²) in [4.78, 5) is 23.2. The Hall–Kier alpha value is -1.30. The lowest BCUT2D eigenvalue weighted by Crippen LogP contribution is -2.44. The SMILES string of the molecule is CCOC(=O)C(C)([O])C(CC)CCNC(=O)OC(C)(C)C. The van der Waals surface area contributed by atoms with E-state index in [4.69, 9.17) is 9.47 Å². The van der Waals surface area contributed by atoms with Crippen molar-refractivity contribution >= 4 is 12.1 Å². The van der Waals surface area contributed by atoms with Crippen molar-refractivity contribution < 1.29 is 24.2 Å². The van der Waals surface area contributed by atoms with Gasteiger partial charge in [-0.3, -0.25) is 0 Å².